The van der Waals surface area contributed by atoms with Crippen LogP contribution in [0.2, 0.25) is 10.0 Å². The number of halogens is 2. The molecule has 0 heterocycles. The van der Waals surface area contributed by atoms with Crippen LogP contribution in [0.5, 0.6) is 5.75 Å². The van der Waals surface area contributed by atoms with Crippen molar-refractivity contribution in [1.82, 2.24) is 5.32 Å². The predicted molar refractivity (Wildman–Crippen MR) is 81.9 cm³/mol. The minimum absolute atomic E-state index is 0.155. The molecule has 1 atom stereocenters. The predicted octanol–water partition coefficient (Wildman–Crippen LogP) is 2.75. The van der Waals surface area contributed by atoms with Crippen LogP contribution in [-0.4, -0.2) is 43.6 Å². The first-order chi connectivity index (χ1) is 9.34. The summed E-state index contributed by atoms with van der Waals surface area (Å²) in [7, 11) is 1.66. The van der Waals surface area contributed by atoms with E-state index in [4.69, 9.17) is 32.7 Å². The average molecular weight is 322 g/mol. The van der Waals surface area contributed by atoms with Gasteiger partial charge in [0, 0.05) is 25.2 Å². The molecular formula is C14H21Cl2NO3. The van der Waals surface area contributed by atoms with E-state index >= 15 is 0 Å². The summed E-state index contributed by atoms with van der Waals surface area (Å²) < 4.78 is 10.7. The van der Waals surface area contributed by atoms with E-state index in [1.165, 1.54) is 0 Å². The topological polar surface area (TPSA) is 50.7 Å². The standard InChI is InChI=1S/C14H21Cl2NO3/c1-14(2,19-3)9-17-7-11(18)8-20-13-5-4-10(15)6-12(13)16/h4-6,11,17-18H,7-9H2,1-3H3. The van der Waals surface area contributed by atoms with E-state index in [0.29, 0.717) is 28.9 Å². The second-order valence-electron chi connectivity index (χ2n) is 5.13. The van der Waals surface area contributed by atoms with Gasteiger partial charge in [-0.15, -0.1) is 0 Å². The molecular weight excluding hydrogens is 301 g/mol. The first-order valence-electron chi connectivity index (χ1n) is 6.36. The maximum atomic E-state index is 9.83. The van der Waals surface area contributed by atoms with Gasteiger partial charge in [0.05, 0.1) is 10.6 Å². The Hall–Kier alpha value is -0.520. The Labute approximate surface area is 130 Å². The third kappa shape index (κ3) is 6.29. The molecule has 1 aromatic carbocycles. The van der Waals surface area contributed by atoms with Gasteiger partial charge in [-0.3, -0.25) is 0 Å². The van der Waals surface area contributed by atoms with Crippen LogP contribution in [0.4, 0.5) is 0 Å². The van der Waals surface area contributed by atoms with Crippen LogP contribution in [0.1, 0.15) is 13.8 Å². The Kier molecular flexibility index (Phi) is 7.06. The molecule has 0 aromatic heterocycles. The van der Waals surface area contributed by atoms with Crippen LogP contribution < -0.4 is 10.1 Å². The molecule has 0 radical (unpaired) electrons. The van der Waals surface area contributed by atoms with Crippen LogP contribution in [0.3, 0.4) is 0 Å². The van der Waals surface area contributed by atoms with Gasteiger partial charge in [-0.2, -0.15) is 0 Å². The highest BCUT2D eigenvalue weighted by atomic mass is 35.5. The van der Waals surface area contributed by atoms with Crippen molar-refractivity contribution in [1.29, 1.82) is 0 Å². The monoisotopic (exact) mass is 321 g/mol. The van der Waals surface area contributed by atoms with Crippen molar-refractivity contribution in [2.24, 2.45) is 0 Å². The van der Waals surface area contributed by atoms with E-state index in [2.05, 4.69) is 5.32 Å². The zero-order valence-corrected chi connectivity index (χ0v) is 13.5. The number of aliphatic hydroxyl groups excluding tert-OH is 1. The SMILES string of the molecule is COC(C)(C)CNCC(O)COc1ccc(Cl)cc1Cl. The molecule has 20 heavy (non-hydrogen) atoms. The van der Waals surface area contributed by atoms with Crippen LogP contribution in [0, 0.1) is 0 Å². The first-order valence-corrected chi connectivity index (χ1v) is 7.11. The lowest BCUT2D eigenvalue weighted by atomic mass is 10.1. The van der Waals surface area contributed by atoms with Crippen molar-refractivity contribution >= 4 is 23.2 Å². The number of aliphatic hydroxyl groups is 1. The molecule has 0 aliphatic rings. The average Bonchev–Trinajstić information content (AvgIpc) is 2.37. The number of methoxy groups -OCH3 is 1. The summed E-state index contributed by atoms with van der Waals surface area (Å²) in [6.07, 6.45) is -0.630. The quantitative estimate of drug-likeness (QED) is 0.773. The van der Waals surface area contributed by atoms with Crippen molar-refractivity contribution in [3.8, 4) is 5.75 Å². The molecule has 0 spiro atoms. The van der Waals surface area contributed by atoms with Gasteiger partial charge in [-0.25, -0.2) is 0 Å². The minimum Gasteiger partial charge on any atom is -0.489 e. The Bertz CT molecular complexity index is 427. The van der Waals surface area contributed by atoms with Crippen molar-refractivity contribution in [2.45, 2.75) is 25.6 Å². The zero-order chi connectivity index (χ0) is 15.2. The van der Waals surface area contributed by atoms with Gasteiger partial charge in [0.15, 0.2) is 0 Å². The summed E-state index contributed by atoms with van der Waals surface area (Å²) in [4.78, 5) is 0. The molecule has 1 unspecified atom stereocenters. The highest BCUT2D eigenvalue weighted by Gasteiger charge is 2.16. The van der Waals surface area contributed by atoms with Crippen LogP contribution in [0.15, 0.2) is 18.2 Å². The van der Waals surface area contributed by atoms with Crippen LogP contribution >= 0.6 is 23.2 Å². The normalized spacial score (nSPS) is 13.3. The molecule has 1 rings (SSSR count). The molecule has 4 nitrogen and oxygen atoms in total. The Balaban J connectivity index is 2.31. The smallest absolute Gasteiger partial charge is 0.138 e. The van der Waals surface area contributed by atoms with Gasteiger partial charge in [-0.05, 0) is 32.0 Å². The molecule has 114 valence electrons. The van der Waals surface area contributed by atoms with Crippen molar-refractivity contribution in [2.75, 3.05) is 26.8 Å². The summed E-state index contributed by atoms with van der Waals surface area (Å²) in [5.74, 6) is 0.507. The molecule has 0 fully saturated rings. The van der Waals surface area contributed by atoms with Crippen molar-refractivity contribution < 1.29 is 14.6 Å². The Morgan fingerprint density at radius 2 is 2.05 bits per heavy atom. The van der Waals surface area contributed by atoms with Gasteiger partial charge in [0.2, 0.25) is 0 Å². The fourth-order valence-corrected chi connectivity index (χ4v) is 1.91. The number of benzene rings is 1. The number of hydrogen-bond acceptors (Lipinski definition) is 4. The summed E-state index contributed by atoms with van der Waals surface area (Å²) >= 11 is 11.8. The van der Waals surface area contributed by atoms with Gasteiger partial charge >= 0.3 is 0 Å². The number of ether oxygens (including phenoxy) is 2. The summed E-state index contributed by atoms with van der Waals surface area (Å²) in [5, 5.41) is 13.9. The van der Waals surface area contributed by atoms with Crippen LogP contribution in [-0.2, 0) is 4.74 Å². The molecule has 6 heteroatoms. The maximum absolute atomic E-state index is 9.83. The Morgan fingerprint density at radius 3 is 2.65 bits per heavy atom. The molecule has 0 saturated carbocycles. The molecule has 2 N–H and O–H groups in total. The lowest BCUT2D eigenvalue weighted by Gasteiger charge is -2.24. The minimum atomic E-state index is -0.630. The molecule has 0 bridgehead atoms. The second kappa shape index (κ2) is 8.05. The van der Waals surface area contributed by atoms with Gasteiger partial charge in [-0.1, -0.05) is 23.2 Å². The largest absolute Gasteiger partial charge is 0.489 e. The van der Waals surface area contributed by atoms with Gasteiger partial charge in [0.25, 0.3) is 0 Å². The fourth-order valence-electron chi connectivity index (χ4n) is 1.45. The number of hydrogen-bond donors (Lipinski definition) is 2. The molecule has 0 aliphatic carbocycles. The molecule has 0 aliphatic heterocycles. The van der Waals surface area contributed by atoms with E-state index in [0.717, 1.165) is 0 Å². The molecule has 0 saturated heterocycles. The summed E-state index contributed by atoms with van der Waals surface area (Å²) in [6, 6.07) is 4.97. The lowest BCUT2D eigenvalue weighted by molar-refractivity contribution is 0.0191. The number of nitrogens with one attached hydrogen (secondary N) is 1. The van der Waals surface area contributed by atoms with Crippen LogP contribution in [0.25, 0.3) is 0 Å². The Morgan fingerprint density at radius 1 is 1.35 bits per heavy atom. The molecule has 1 aromatic rings. The summed E-state index contributed by atoms with van der Waals surface area (Å²) in [6.45, 7) is 5.15. The van der Waals surface area contributed by atoms with Gasteiger partial charge < -0.3 is 19.9 Å². The third-order valence-electron chi connectivity index (χ3n) is 2.81. The summed E-state index contributed by atoms with van der Waals surface area (Å²) in [5.41, 5.74) is -0.264. The van der Waals surface area contributed by atoms with E-state index in [1.807, 2.05) is 13.8 Å². The van der Waals surface area contributed by atoms with E-state index < -0.39 is 6.10 Å². The maximum Gasteiger partial charge on any atom is 0.138 e. The lowest BCUT2D eigenvalue weighted by Crippen LogP contribution is -2.41. The van der Waals surface area contributed by atoms with E-state index in [-0.39, 0.29) is 12.2 Å². The highest BCUT2D eigenvalue weighted by Crippen LogP contribution is 2.27. The van der Waals surface area contributed by atoms with Crippen molar-refractivity contribution in [3.63, 3.8) is 0 Å². The highest BCUT2D eigenvalue weighted by molar-refractivity contribution is 6.35. The van der Waals surface area contributed by atoms with Gasteiger partial charge in [0.1, 0.15) is 18.5 Å². The molecule has 0 amide bonds. The zero-order valence-electron chi connectivity index (χ0n) is 12.0. The fraction of sp³-hybridized carbons (Fsp3) is 0.571. The second-order valence-corrected chi connectivity index (χ2v) is 5.98. The van der Waals surface area contributed by atoms with E-state index in [9.17, 15) is 5.11 Å². The third-order valence-corrected chi connectivity index (χ3v) is 3.34. The van der Waals surface area contributed by atoms with E-state index in [1.54, 1.807) is 25.3 Å². The van der Waals surface area contributed by atoms with Crippen molar-refractivity contribution in [3.05, 3.63) is 28.2 Å². The number of rotatable bonds is 8. The first kappa shape index (κ1) is 17.5.